The lowest BCUT2D eigenvalue weighted by Crippen LogP contribution is -2.27. The van der Waals surface area contributed by atoms with Crippen LogP contribution in [0.25, 0.3) is 0 Å². The maximum atomic E-state index is 10.6. The van der Waals surface area contributed by atoms with Gasteiger partial charge in [0.1, 0.15) is 18.0 Å². The van der Waals surface area contributed by atoms with Crippen LogP contribution in [0.3, 0.4) is 0 Å². The van der Waals surface area contributed by atoms with Crippen LogP contribution in [0, 0.1) is 10.1 Å². The van der Waals surface area contributed by atoms with Crippen molar-refractivity contribution in [3.63, 3.8) is 0 Å². The molecule has 6 nitrogen and oxygen atoms in total. The summed E-state index contributed by atoms with van der Waals surface area (Å²) < 4.78 is 5.51. The molecule has 1 rings (SSSR count). The maximum absolute atomic E-state index is 10.6. The van der Waals surface area contributed by atoms with E-state index in [9.17, 15) is 10.1 Å². The Morgan fingerprint density at radius 1 is 1.39 bits per heavy atom. The van der Waals surface area contributed by atoms with Crippen molar-refractivity contribution < 1.29 is 9.66 Å². The Morgan fingerprint density at radius 2 is 2.06 bits per heavy atom. The molecule has 0 heterocycles. The Kier molecular flexibility index (Phi) is 5.38. The zero-order valence-electron chi connectivity index (χ0n) is 10.8. The van der Waals surface area contributed by atoms with E-state index in [-0.39, 0.29) is 11.4 Å². The predicted octanol–water partition coefficient (Wildman–Crippen LogP) is 1.90. The van der Waals surface area contributed by atoms with Crippen LogP contribution >= 0.6 is 0 Å². The van der Waals surface area contributed by atoms with Gasteiger partial charge in [-0.15, -0.1) is 0 Å². The highest BCUT2D eigenvalue weighted by Crippen LogP contribution is 2.25. The lowest BCUT2D eigenvalue weighted by molar-refractivity contribution is -0.383. The molecule has 0 saturated carbocycles. The summed E-state index contributed by atoms with van der Waals surface area (Å²) in [5.41, 5.74) is 5.61. The third-order valence-electron chi connectivity index (χ3n) is 2.77. The number of ether oxygens (including phenoxy) is 1. The highest BCUT2D eigenvalue weighted by atomic mass is 16.6. The zero-order chi connectivity index (χ0) is 13.5. The third kappa shape index (κ3) is 3.89. The number of nitro benzene ring substituents is 1. The Morgan fingerprint density at radius 3 is 2.56 bits per heavy atom. The predicted molar refractivity (Wildman–Crippen MR) is 70.8 cm³/mol. The number of nitrogens with zero attached hydrogens (tertiary/aromatic N) is 2. The van der Waals surface area contributed by atoms with Gasteiger partial charge >= 0.3 is 0 Å². The van der Waals surface area contributed by atoms with Gasteiger partial charge in [0.05, 0.1) is 4.92 Å². The molecular weight excluding hydrogens is 234 g/mol. The first-order valence-corrected chi connectivity index (χ1v) is 5.97. The minimum absolute atomic E-state index is 0.0916. The van der Waals surface area contributed by atoms with E-state index in [4.69, 9.17) is 10.5 Å². The number of nitrogens with two attached hydrogens (primary N) is 1. The molecular formula is C12H19N3O3. The van der Waals surface area contributed by atoms with Crippen molar-refractivity contribution in [3.05, 3.63) is 28.3 Å². The number of hydrogen-bond donors (Lipinski definition) is 1. The summed E-state index contributed by atoms with van der Waals surface area (Å²) in [4.78, 5) is 12.3. The molecule has 18 heavy (non-hydrogen) atoms. The summed E-state index contributed by atoms with van der Waals surface area (Å²) in [5.74, 6) is 0.560. The molecule has 0 amide bonds. The fourth-order valence-corrected chi connectivity index (χ4v) is 1.62. The second kappa shape index (κ2) is 6.80. The zero-order valence-corrected chi connectivity index (χ0v) is 10.8. The molecule has 6 heteroatoms. The SMILES string of the molecule is CCN(CC)CCOc1ccc([N+](=O)[O-])c(N)c1. The summed E-state index contributed by atoms with van der Waals surface area (Å²) in [6.07, 6.45) is 0. The third-order valence-corrected chi connectivity index (χ3v) is 2.77. The minimum Gasteiger partial charge on any atom is -0.492 e. The standard InChI is InChI=1S/C12H19N3O3/c1-3-14(4-2)7-8-18-10-5-6-12(15(16)17)11(13)9-10/h5-6,9H,3-4,7-8,13H2,1-2H3. The van der Waals surface area contributed by atoms with E-state index in [0.29, 0.717) is 12.4 Å². The molecule has 0 aromatic heterocycles. The fourth-order valence-electron chi connectivity index (χ4n) is 1.62. The summed E-state index contributed by atoms with van der Waals surface area (Å²) in [6, 6.07) is 4.42. The molecule has 0 unspecified atom stereocenters. The molecule has 2 N–H and O–H groups in total. The molecule has 0 atom stereocenters. The van der Waals surface area contributed by atoms with E-state index in [1.165, 1.54) is 12.1 Å². The van der Waals surface area contributed by atoms with Crippen molar-refractivity contribution in [1.82, 2.24) is 4.90 Å². The number of likely N-dealkylation sites (N-methyl/N-ethyl adjacent to an activating group) is 1. The van der Waals surface area contributed by atoms with Crippen LogP contribution in [0.1, 0.15) is 13.8 Å². The van der Waals surface area contributed by atoms with Gasteiger partial charge in [0, 0.05) is 18.7 Å². The largest absolute Gasteiger partial charge is 0.492 e. The normalized spacial score (nSPS) is 10.6. The molecule has 0 aliphatic rings. The van der Waals surface area contributed by atoms with Crippen LogP contribution in [0.4, 0.5) is 11.4 Å². The first-order chi connectivity index (χ1) is 8.58. The summed E-state index contributed by atoms with van der Waals surface area (Å²) in [5, 5.41) is 10.6. The van der Waals surface area contributed by atoms with Gasteiger partial charge in [-0.2, -0.15) is 0 Å². The number of benzene rings is 1. The smallest absolute Gasteiger partial charge is 0.292 e. The van der Waals surface area contributed by atoms with Crippen molar-refractivity contribution in [2.45, 2.75) is 13.8 Å². The minimum atomic E-state index is -0.505. The van der Waals surface area contributed by atoms with Crippen molar-refractivity contribution in [3.8, 4) is 5.75 Å². The number of hydrogen-bond acceptors (Lipinski definition) is 5. The van der Waals surface area contributed by atoms with Crippen LogP contribution in [0.5, 0.6) is 5.75 Å². The van der Waals surface area contributed by atoms with Crippen LogP contribution in [0.2, 0.25) is 0 Å². The molecule has 0 fully saturated rings. The fraction of sp³-hybridized carbons (Fsp3) is 0.500. The van der Waals surface area contributed by atoms with E-state index < -0.39 is 4.92 Å². The summed E-state index contributed by atoms with van der Waals surface area (Å²) in [6.45, 7) is 7.49. The monoisotopic (exact) mass is 253 g/mol. The van der Waals surface area contributed by atoms with Gasteiger partial charge in [0.15, 0.2) is 0 Å². The maximum Gasteiger partial charge on any atom is 0.292 e. The van der Waals surface area contributed by atoms with Crippen LogP contribution < -0.4 is 10.5 Å². The molecule has 0 aliphatic heterocycles. The van der Waals surface area contributed by atoms with Crippen molar-refractivity contribution >= 4 is 11.4 Å². The van der Waals surface area contributed by atoms with Gasteiger partial charge in [-0.1, -0.05) is 13.8 Å². The van der Waals surface area contributed by atoms with E-state index in [2.05, 4.69) is 18.7 Å². The second-order valence-electron chi connectivity index (χ2n) is 3.85. The van der Waals surface area contributed by atoms with Gasteiger partial charge in [0.2, 0.25) is 0 Å². The molecule has 0 aliphatic carbocycles. The van der Waals surface area contributed by atoms with Gasteiger partial charge in [-0.25, -0.2) is 0 Å². The summed E-state index contributed by atoms with van der Waals surface area (Å²) in [7, 11) is 0. The van der Waals surface area contributed by atoms with E-state index in [1.54, 1.807) is 6.07 Å². The first-order valence-electron chi connectivity index (χ1n) is 5.97. The molecule has 0 radical (unpaired) electrons. The quantitative estimate of drug-likeness (QED) is 0.456. The number of anilines is 1. The average molecular weight is 253 g/mol. The lowest BCUT2D eigenvalue weighted by Gasteiger charge is -2.18. The van der Waals surface area contributed by atoms with Crippen LogP contribution in [-0.4, -0.2) is 36.1 Å². The van der Waals surface area contributed by atoms with Crippen molar-refractivity contribution in [2.24, 2.45) is 0 Å². The van der Waals surface area contributed by atoms with Crippen LogP contribution in [-0.2, 0) is 0 Å². The number of nitro groups is 1. The van der Waals surface area contributed by atoms with Gasteiger partial charge < -0.3 is 15.4 Å². The Labute approximate surface area is 106 Å². The molecule has 0 spiro atoms. The summed E-state index contributed by atoms with van der Waals surface area (Å²) >= 11 is 0. The van der Waals surface area contributed by atoms with E-state index >= 15 is 0 Å². The molecule has 0 saturated heterocycles. The number of rotatable bonds is 7. The van der Waals surface area contributed by atoms with Gasteiger partial charge in [0.25, 0.3) is 5.69 Å². The lowest BCUT2D eigenvalue weighted by atomic mass is 10.2. The topological polar surface area (TPSA) is 81.6 Å². The van der Waals surface area contributed by atoms with Gasteiger partial charge in [-0.3, -0.25) is 10.1 Å². The van der Waals surface area contributed by atoms with E-state index in [0.717, 1.165) is 19.6 Å². The first kappa shape index (κ1) is 14.2. The average Bonchev–Trinajstić information content (AvgIpc) is 2.34. The molecule has 100 valence electrons. The second-order valence-corrected chi connectivity index (χ2v) is 3.85. The molecule has 1 aromatic carbocycles. The van der Waals surface area contributed by atoms with Crippen LogP contribution in [0.15, 0.2) is 18.2 Å². The van der Waals surface area contributed by atoms with Crippen molar-refractivity contribution in [1.29, 1.82) is 0 Å². The van der Waals surface area contributed by atoms with Gasteiger partial charge in [-0.05, 0) is 19.2 Å². The van der Waals surface area contributed by atoms with Crippen molar-refractivity contribution in [2.75, 3.05) is 32.0 Å². The highest BCUT2D eigenvalue weighted by Gasteiger charge is 2.11. The molecule has 0 bridgehead atoms. The Bertz CT molecular complexity index is 406. The number of nitrogen functional groups attached to an aromatic ring is 1. The highest BCUT2D eigenvalue weighted by molar-refractivity contribution is 5.60. The van der Waals surface area contributed by atoms with E-state index in [1.807, 2.05) is 0 Å². The Balaban J connectivity index is 2.53. The Hall–Kier alpha value is -1.82. The molecule has 1 aromatic rings.